The lowest BCUT2D eigenvalue weighted by atomic mass is 9.57. The second-order valence-electron chi connectivity index (χ2n) is 6.76. The molecule has 0 heterocycles. The van der Waals surface area contributed by atoms with Crippen molar-refractivity contribution in [2.24, 2.45) is 46.8 Å². The molecule has 15 heavy (non-hydrogen) atoms. The third kappa shape index (κ3) is 0.656. The van der Waals surface area contributed by atoms with Crippen molar-refractivity contribution in [3.05, 3.63) is 0 Å². The quantitative estimate of drug-likeness (QED) is 0.598. The summed E-state index contributed by atoms with van der Waals surface area (Å²) in [6, 6.07) is 0. The topological polar surface area (TPSA) is 0 Å². The van der Waals surface area contributed by atoms with Crippen LogP contribution in [0.15, 0.2) is 0 Å². The van der Waals surface area contributed by atoms with Crippen LogP contribution < -0.4 is 0 Å². The van der Waals surface area contributed by atoms with Crippen molar-refractivity contribution < 1.29 is 0 Å². The molecule has 0 nitrogen and oxygen atoms in total. The zero-order valence-electron chi connectivity index (χ0n) is 9.37. The summed E-state index contributed by atoms with van der Waals surface area (Å²) < 4.78 is 0. The molecule has 0 aromatic rings. The Bertz CT molecular complexity index is 411. The molecule has 0 amide bonds. The molecule has 0 heteroatoms. The number of fused-ring (bicyclic) bond motifs is 2. The zero-order chi connectivity index (χ0) is 9.78. The van der Waals surface area contributed by atoms with Crippen LogP contribution in [-0.4, -0.2) is 0 Å². The summed E-state index contributed by atoms with van der Waals surface area (Å²) in [4.78, 5) is 0. The Morgan fingerprint density at radius 1 is 1.33 bits per heavy atom. The van der Waals surface area contributed by atoms with Crippen LogP contribution in [0.4, 0.5) is 0 Å². The van der Waals surface area contributed by atoms with Crippen molar-refractivity contribution in [2.45, 2.75) is 32.6 Å². The van der Waals surface area contributed by atoms with Gasteiger partial charge in [0.05, 0.1) is 0 Å². The van der Waals surface area contributed by atoms with Crippen molar-refractivity contribution in [3.8, 4) is 11.8 Å². The van der Waals surface area contributed by atoms with Gasteiger partial charge in [0.25, 0.3) is 0 Å². The summed E-state index contributed by atoms with van der Waals surface area (Å²) in [6.45, 7) is 2.41. The van der Waals surface area contributed by atoms with E-state index < -0.39 is 0 Å². The van der Waals surface area contributed by atoms with E-state index in [0.29, 0.717) is 0 Å². The zero-order valence-corrected chi connectivity index (χ0v) is 9.37. The molecule has 4 saturated carbocycles. The molecule has 0 aliphatic heterocycles. The maximum atomic E-state index is 3.64. The molecule has 1 spiro atoms. The summed E-state index contributed by atoms with van der Waals surface area (Å²) >= 11 is 0. The molecule has 5 aliphatic carbocycles. The fourth-order valence-corrected chi connectivity index (χ4v) is 5.63. The summed E-state index contributed by atoms with van der Waals surface area (Å²) in [5.74, 6) is 14.5. The first-order valence-corrected chi connectivity index (χ1v) is 6.86. The lowest BCUT2D eigenvalue weighted by Gasteiger charge is -2.46. The van der Waals surface area contributed by atoms with Gasteiger partial charge in [0.2, 0.25) is 0 Å². The highest BCUT2D eigenvalue weighted by atomic mass is 14.9. The standard InChI is InChI=1S/C15H18/c1-2-9-13(15-7-12(15)14(9)15)10-5-3-4-8-6-11(8)10/h8-14H,2,4,6-7H2,1H3/t8?,9?,10-,11+,12?,13+,14?,15-/m0/s1. The van der Waals surface area contributed by atoms with Crippen LogP contribution in [0.1, 0.15) is 32.6 Å². The van der Waals surface area contributed by atoms with Crippen LogP contribution in [0, 0.1) is 58.7 Å². The number of hydrogen-bond acceptors (Lipinski definition) is 0. The third-order valence-electron chi connectivity index (χ3n) is 6.52. The Morgan fingerprint density at radius 3 is 3.07 bits per heavy atom. The molecule has 0 saturated heterocycles. The first-order chi connectivity index (χ1) is 7.38. The minimum Gasteiger partial charge on any atom is -0.103 e. The Morgan fingerprint density at radius 2 is 2.27 bits per heavy atom. The van der Waals surface area contributed by atoms with E-state index in [-0.39, 0.29) is 0 Å². The van der Waals surface area contributed by atoms with Crippen molar-refractivity contribution in [1.82, 2.24) is 0 Å². The van der Waals surface area contributed by atoms with Crippen molar-refractivity contribution in [3.63, 3.8) is 0 Å². The van der Waals surface area contributed by atoms with Gasteiger partial charge in [-0.15, -0.1) is 5.92 Å². The third-order valence-corrected chi connectivity index (χ3v) is 6.52. The highest BCUT2D eigenvalue weighted by molar-refractivity contribution is 5.40. The fourth-order valence-electron chi connectivity index (χ4n) is 5.63. The van der Waals surface area contributed by atoms with E-state index in [0.717, 1.165) is 35.0 Å². The minimum absolute atomic E-state index is 0.845. The Labute approximate surface area is 91.8 Å². The van der Waals surface area contributed by atoms with Crippen molar-refractivity contribution in [1.29, 1.82) is 0 Å². The maximum Gasteiger partial charge on any atom is 0.0270 e. The molecule has 4 unspecified atom stereocenters. The van der Waals surface area contributed by atoms with Crippen molar-refractivity contribution >= 4 is 0 Å². The first-order valence-electron chi connectivity index (χ1n) is 6.86. The second kappa shape index (κ2) is 2.02. The van der Waals surface area contributed by atoms with Crippen LogP contribution in [0.25, 0.3) is 0 Å². The predicted molar refractivity (Wildman–Crippen MR) is 58.8 cm³/mol. The summed E-state index contributed by atoms with van der Waals surface area (Å²) in [7, 11) is 0. The van der Waals surface area contributed by atoms with E-state index in [1.54, 1.807) is 6.42 Å². The molecule has 5 rings (SSSR count). The Kier molecular flexibility index (Phi) is 1.05. The lowest BCUT2D eigenvalue weighted by molar-refractivity contribution is 0.0207. The molecule has 0 aromatic carbocycles. The normalized spacial score (nSPS) is 70.1. The molecule has 0 N–H and O–H groups in total. The van der Waals surface area contributed by atoms with Gasteiger partial charge in [0.15, 0.2) is 0 Å². The van der Waals surface area contributed by atoms with Crippen LogP contribution in [0.3, 0.4) is 0 Å². The number of hydrogen-bond donors (Lipinski definition) is 0. The van der Waals surface area contributed by atoms with Crippen LogP contribution >= 0.6 is 0 Å². The van der Waals surface area contributed by atoms with E-state index in [1.165, 1.54) is 31.1 Å². The van der Waals surface area contributed by atoms with Crippen molar-refractivity contribution in [2.75, 3.05) is 0 Å². The van der Waals surface area contributed by atoms with Gasteiger partial charge in [-0.1, -0.05) is 19.3 Å². The second-order valence-corrected chi connectivity index (χ2v) is 6.76. The van der Waals surface area contributed by atoms with Gasteiger partial charge in [-0.05, 0) is 53.8 Å². The van der Waals surface area contributed by atoms with Crippen LogP contribution in [0.5, 0.6) is 0 Å². The molecule has 0 aromatic heterocycles. The van der Waals surface area contributed by atoms with E-state index in [4.69, 9.17) is 0 Å². The summed E-state index contributed by atoms with van der Waals surface area (Å²) in [5, 5.41) is 0. The van der Waals surface area contributed by atoms with Gasteiger partial charge in [0, 0.05) is 12.3 Å². The highest BCUT2D eigenvalue weighted by Gasteiger charge is 2.91. The van der Waals surface area contributed by atoms with E-state index in [2.05, 4.69) is 18.8 Å². The molecular formula is C15H18. The van der Waals surface area contributed by atoms with Crippen LogP contribution in [-0.2, 0) is 0 Å². The van der Waals surface area contributed by atoms with Gasteiger partial charge >= 0.3 is 0 Å². The maximum absolute atomic E-state index is 3.64. The monoisotopic (exact) mass is 198 g/mol. The highest BCUT2D eigenvalue weighted by Crippen LogP contribution is 2.96. The van der Waals surface area contributed by atoms with E-state index >= 15 is 0 Å². The smallest absolute Gasteiger partial charge is 0.0270 e. The fraction of sp³-hybridized carbons (Fsp3) is 0.867. The van der Waals surface area contributed by atoms with E-state index in [9.17, 15) is 0 Å². The molecule has 0 bridgehead atoms. The minimum atomic E-state index is 0.845. The van der Waals surface area contributed by atoms with Gasteiger partial charge in [-0.25, -0.2) is 0 Å². The lowest BCUT2D eigenvalue weighted by Crippen LogP contribution is -2.43. The molecule has 4 fully saturated rings. The van der Waals surface area contributed by atoms with Crippen LogP contribution in [0.2, 0.25) is 0 Å². The first kappa shape index (κ1) is 7.77. The molecular weight excluding hydrogens is 180 g/mol. The largest absolute Gasteiger partial charge is 0.103 e. The van der Waals surface area contributed by atoms with Gasteiger partial charge in [-0.2, -0.15) is 0 Å². The Hall–Kier alpha value is -0.440. The predicted octanol–water partition coefficient (Wildman–Crippen LogP) is 2.94. The van der Waals surface area contributed by atoms with E-state index in [1.807, 2.05) is 0 Å². The molecule has 8 atom stereocenters. The molecule has 78 valence electrons. The number of rotatable bonds is 2. The Balaban J connectivity index is 1.50. The summed E-state index contributed by atoms with van der Waals surface area (Å²) in [6.07, 6.45) is 5.76. The van der Waals surface area contributed by atoms with Gasteiger partial charge < -0.3 is 0 Å². The average molecular weight is 198 g/mol. The SMILES string of the molecule is CCC1C2C3C[C@@]32[C@H]1[C@H]1C#CCC2C[C@H]21. The van der Waals surface area contributed by atoms with Gasteiger partial charge in [0.1, 0.15) is 0 Å². The summed E-state index contributed by atoms with van der Waals surface area (Å²) in [5.41, 5.74) is 0.907. The molecule has 0 radical (unpaired) electrons. The molecule has 5 aliphatic rings. The van der Waals surface area contributed by atoms with Gasteiger partial charge in [-0.3, -0.25) is 0 Å². The average Bonchev–Trinajstić information content (AvgIpc) is 3.07.